The van der Waals surface area contributed by atoms with Crippen molar-refractivity contribution in [1.29, 1.82) is 0 Å². The summed E-state index contributed by atoms with van der Waals surface area (Å²) in [5.74, 6) is 0. The van der Waals surface area contributed by atoms with Gasteiger partial charge in [0.1, 0.15) is 5.58 Å². The maximum absolute atomic E-state index is 6.53. The first kappa shape index (κ1) is 26.7. The minimum atomic E-state index is 0.784. The molecule has 2 heterocycles. The zero-order valence-electron chi connectivity index (χ0n) is 26.5. The molecule has 10 aromatic rings. The monoisotopic (exact) mass is 624 g/mol. The Labute approximate surface area is 282 Å². The molecule has 1 aliphatic rings. The van der Waals surface area contributed by atoms with Gasteiger partial charge in [0.2, 0.25) is 0 Å². The normalized spacial score (nSPS) is 12.4. The van der Waals surface area contributed by atoms with Crippen molar-refractivity contribution in [2.24, 2.45) is 0 Å². The minimum Gasteiger partial charge on any atom is -0.460 e. The van der Waals surface area contributed by atoms with Crippen molar-refractivity contribution in [2.45, 2.75) is 6.42 Å². The van der Waals surface area contributed by atoms with Crippen molar-refractivity contribution in [3.8, 4) is 44.5 Å². The highest BCUT2D eigenvalue weighted by Gasteiger charge is 2.25. The van der Waals surface area contributed by atoms with Crippen molar-refractivity contribution in [2.75, 3.05) is 0 Å². The first-order valence-electron chi connectivity index (χ1n) is 16.9. The molecule has 0 spiro atoms. The number of hydrogen-bond donors (Lipinski definition) is 0. The Kier molecular flexibility index (Phi) is 5.47. The van der Waals surface area contributed by atoms with E-state index in [1.54, 1.807) is 0 Å². The molecule has 0 aliphatic heterocycles. The Morgan fingerprint density at radius 3 is 1.84 bits per heavy atom. The summed E-state index contributed by atoms with van der Waals surface area (Å²) in [6, 6.07) is 54.9. The van der Waals surface area contributed by atoms with Crippen molar-refractivity contribution >= 4 is 54.5 Å². The van der Waals surface area contributed by atoms with Gasteiger partial charge in [0.25, 0.3) is 0 Å². The zero-order valence-corrected chi connectivity index (χ0v) is 26.5. The summed E-state index contributed by atoms with van der Waals surface area (Å²) in [6.45, 7) is 0. The Balaban J connectivity index is 1.15. The van der Waals surface area contributed by atoms with Crippen LogP contribution in [0, 0.1) is 0 Å². The predicted molar refractivity (Wildman–Crippen MR) is 203 cm³/mol. The van der Waals surface area contributed by atoms with E-state index in [9.17, 15) is 0 Å². The maximum atomic E-state index is 6.53. The highest BCUT2D eigenvalue weighted by atomic mass is 16.4. The Hall–Kier alpha value is -6.38. The SMILES string of the molecule is c1ccc(-c2coc3c2ccc2c4cc(-c5c6ccccc6c(-c6cccc7c6Cc6ccccc6-7)c6ccccc56)ccc4oc23)cc1. The third-order valence-corrected chi connectivity index (χ3v) is 10.6. The van der Waals surface area contributed by atoms with Crippen LogP contribution in [0.1, 0.15) is 11.1 Å². The zero-order chi connectivity index (χ0) is 32.1. The Morgan fingerprint density at radius 2 is 1.04 bits per heavy atom. The molecule has 0 bridgehead atoms. The van der Waals surface area contributed by atoms with E-state index in [1.165, 1.54) is 66.1 Å². The van der Waals surface area contributed by atoms with Crippen LogP contribution < -0.4 is 0 Å². The maximum Gasteiger partial charge on any atom is 0.178 e. The van der Waals surface area contributed by atoms with Gasteiger partial charge in [0.05, 0.1) is 6.26 Å². The minimum absolute atomic E-state index is 0.784. The second-order valence-corrected chi connectivity index (χ2v) is 13.2. The number of furan rings is 2. The van der Waals surface area contributed by atoms with E-state index in [-0.39, 0.29) is 0 Å². The molecule has 8 aromatic carbocycles. The van der Waals surface area contributed by atoms with Gasteiger partial charge >= 0.3 is 0 Å². The molecule has 1 aliphatic carbocycles. The molecule has 2 aromatic heterocycles. The van der Waals surface area contributed by atoms with Crippen LogP contribution in [0.5, 0.6) is 0 Å². The van der Waals surface area contributed by atoms with Gasteiger partial charge in [-0.25, -0.2) is 0 Å². The van der Waals surface area contributed by atoms with Crippen molar-refractivity contribution in [3.05, 3.63) is 169 Å². The van der Waals surface area contributed by atoms with Gasteiger partial charge in [0, 0.05) is 21.7 Å². The quantitative estimate of drug-likeness (QED) is 0.183. The lowest BCUT2D eigenvalue weighted by atomic mass is 9.84. The van der Waals surface area contributed by atoms with Crippen LogP contribution in [0.15, 0.2) is 167 Å². The lowest BCUT2D eigenvalue weighted by Gasteiger charge is -2.19. The second-order valence-electron chi connectivity index (χ2n) is 13.2. The average Bonchev–Trinajstić information content (AvgIpc) is 3.87. The molecule has 228 valence electrons. The van der Waals surface area contributed by atoms with Gasteiger partial charge in [0.15, 0.2) is 11.2 Å². The fraction of sp³-hybridized carbons (Fsp3) is 0.0213. The highest BCUT2D eigenvalue weighted by molar-refractivity contribution is 6.23. The second kappa shape index (κ2) is 10.1. The van der Waals surface area contributed by atoms with E-state index in [0.29, 0.717) is 0 Å². The number of rotatable bonds is 3. The summed E-state index contributed by atoms with van der Waals surface area (Å²) >= 11 is 0. The molecule has 0 saturated carbocycles. The standard InChI is InChI=1S/C47H28O2/c1-2-11-28(12-3-1)42-27-48-46-39(42)23-22-38-41-26-30(21-24-43(41)49-47(38)46)44-33-15-6-8-17-35(33)45(36-18-9-7-16-34(36)44)37-20-10-19-32-31-14-5-4-13-29(31)25-40(32)37/h1-24,26-27H,25H2. The van der Waals surface area contributed by atoms with Gasteiger partial charge in [-0.05, 0) is 102 Å². The van der Waals surface area contributed by atoms with E-state index in [4.69, 9.17) is 8.83 Å². The average molecular weight is 625 g/mol. The molecule has 0 N–H and O–H groups in total. The molecule has 49 heavy (non-hydrogen) atoms. The summed E-state index contributed by atoms with van der Waals surface area (Å²) in [5.41, 5.74) is 15.2. The Morgan fingerprint density at radius 1 is 0.388 bits per heavy atom. The van der Waals surface area contributed by atoms with Gasteiger partial charge in [-0.15, -0.1) is 0 Å². The van der Waals surface area contributed by atoms with Crippen molar-refractivity contribution in [3.63, 3.8) is 0 Å². The molecule has 0 radical (unpaired) electrons. The molecule has 2 nitrogen and oxygen atoms in total. The number of fused-ring (bicyclic) bond motifs is 10. The molecule has 0 amide bonds. The highest BCUT2D eigenvalue weighted by Crippen LogP contribution is 2.49. The molecule has 2 heteroatoms. The van der Waals surface area contributed by atoms with Crippen molar-refractivity contribution in [1.82, 2.24) is 0 Å². The van der Waals surface area contributed by atoms with E-state index in [1.807, 2.05) is 12.3 Å². The van der Waals surface area contributed by atoms with Crippen molar-refractivity contribution < 1.29 is 8.83 Å². The van der Waals surface area contributed by atoms with Crippen LogP contribution >= 0.6 is 0 Å². The van der Waals surface area contributed by atoms with Gasteiger partial charge < -0.3 is 8.83 Å². The summed E-state index contributed by atoms with van der Waals surface area (Å²) < 4.78 is 12.7. The van der Waals surface area contributed by atoms with Gasteiger partial charge in [-0.1, -0.05) is 127 Å². The van der Waals surface area contributed by atoms with E-state index in [2.05, 4.69) is 146 Å². The predicted octanol–water partition coefficient (Wildman–Crippen LogP) is 13.2. The summed E-state index contributed by atoms with van der Waals surface area (Å²) in [5, 5.41) is 8.23. The van der Waals surface area contributed by atoms with Crippen LogP contribution in [0.2, 0.25) is 0 Å². The van der Waals surface area contributed by atoms with E-state index in [0.717, 1.165) is 50.5 Å². The topological polar surface area (TPSA) is 26.3 Å². The fourth-order valence-corrected chi connectivity index (χ4v) is 8.44. The van der Waals surface area contributed by atoms with Crippen LogP contribution in [-0.2, 0) is 6.42 Å². The molecular weight excluding hydrogens is 597 g/mol. The smallest absolute Gasteiger partial charge is 0.178 e. The Bertz CT molecular complexity index is 2900. The number of benzene rings is 8. The van der Waals surface area contributed by atoms with Crippen LogP contribution in [0.25, 0.3) is 99.0 Å². The third-order valence-electron chi connectivity index (χ3n) is 10.6. The lowest BCUT2D eigenvalue weighted by molar-refractivity contribution is 0.600. The van der Waals surface area contributed by atoms with E-state index < -0.39 is 0 Å². The molecule has 0 saturated heterocycles. The molecule has 11 rings (SSSR count). The molecule has 0 atom stereocenters. The lowest BCUT2D eigenvalue weighted by Crippen LogP contribution is -1.94. The summed E-state index contributed by atoms with van der Waals surface area (Å²) in [6.07, 6.45) is 2.80. The summed E-state index contributed by atoms with van der Waals surface area (Å²) in [7, 11) is 0. The molecule has 0 unspecified atom stereocenters. The van der Waals surface area contributed by atoms with E-state index >= 15 is 0 Å². The molecule has 0 fully saturated rings. The van der Waals surface area contributed by atoms with Gasteiger partial charge in [-0.3, -0.25) is 0 Å². The number of hydrogen-bond acceptors (Lipinski definition) is 2. The largest absolute Gasteiger partial charge is 0.460 e. The van der Waals surface area contributed by atoms with Crippen LogP contribution in [0.4, 0.5) is 0 Å². The molecular formula is C47H28O2. The first-order valence-corrected chi connectivity index (χ1v) is 16.9. The summed E-state index contributed by atoms with van der Waals surface area (Å²) in [4.78, 5) is 0. The third kappa shape index (κ3) is 3.77. The van der Waals surface area contributed by atoms with Crippen LogP contribution in [-0.4, -0.2) is 0 Å². The fourth-order valence-electron chi connectivity index (χ4n) is 8.44. The first-order chi connectivity index (χ1) is 24.3. The van der Waals surface area contributed by atoms with Gasteiger partial charge in [-0.2, -0.15) is 0 Å². The van der Waals surface area contributed by atoms with Crippen LogP contribution in [0.3, 0.4) is 0 Å².